The molecule has 0 fully saturated rings. The molecule has 1 unspecified atom stereocenters. The third-order valence-electron chi connectivity index (χ3n) is 0.508. The van der Waals surface area contributed by atoms with Crippen molar-refractivity contribution >= 4 is 26.6 Å². The van der Waals surface area contributed by atoms with Gasteiger partial charge in [0, 0.05) is 0 Å². The van der Waals surface area contributed by atoms with Crippen LogP contribution in [0, 0.1) is 0 Å². The molecule has 0 aromatic carbocycles. The molecule has 3 N–H and O–H groups in total. The van der Waals surface area contributed by atoms with Crippen molar-refractivity contribution in [3.05, 3.63) is 0 Å². The second-order valence-electron chi connectivity index (χ2n) is 1.33. The fourth-order valence-electron chi connectivity index (χ4n) is 0. The molecule has 51 valence electrons. The minimum absolute atomic E-state index is 0. The standard InChI is InChI=1S/C2H7GeO3S.H2O/c1-2(3)7(4,5)6;/h2H,3H2,1H3,(H,4,5,6);1H2. The van der Waals surface area contributed by atoms with Crippen molar-refractivity contribution in [2.75, 3.05) is 0 Å². The summed E-state index contributed by atoms with van der Waals surface area (Å²) < 4.78 is 27.4. The van der Waals surface area contributed by atoms with Crippen molar-refractivity contribution < 1.29 is 18.4 Å². The summed E-state index contributed by atoms with van der Waals surface area (Å²) in [6.07, 6.45) is 0. The van der Waals surface area contributed by atoms with E-state index in [-0.39, 0.29) is 5.48 Å². The van der Waals surface area contributed by atoms with E-state index >= 15 is 0 Å². The Morgan fingerprint density at radius 3 is 1.75 bits per heavy atom. The van der Waals surface area contributed by atoms with Crippen molar-refractivity contribution in [1.29, 1.82) is 0 Å². The zero-order valence-corrected chi connectivity index (χ0v) is 8.24. The van der Waals surface area contributed by atoms with E-state index in [2.05, 4.69) is 0 Å². The van der Waals surface area contributed by atoms with Gasteiger partial charge in [-0.3, -0.25) is 0 Å². The van der Waals surface area contributed by atoms with Gasteiger partial charge in [0.1, 0.15) is 0 Å². The molecule has 0 amide bonds. The average molecular weight is 202 g/mol. The summed E-state index contributed by atoms with van der Waals surface area (Å²) in [6.45, 7) is 1.47. The summed E-state index contributed by atoms with van der Waals surface area (Å²) >= 11 is 0.582. The van der Waals surface area contributed by atoms with E-state index in [0.717, 1.165) is 0 Å². The summed E-state index contributed by atoms with van der Waals surface area (Å²) in [5.74, 6) is 0. The van der Waals surface area contributed by atoms with E-state index in [1.54, 1.807) is 0 Å². The molecule has 0 saturated heterocycles. The molecule has 0 rings (SSSR count). The van der Waals surface area contributed by atoms with Crippen LogP contribution in [0.25, 0.3) is 0 Å². The van der Waals surface area contributed by atoms with E-state index < -0.39 is 14.2 Å². The summed E-state index contributed by atoms with van der Waals surface area (Å²) in [4.78, 5) is 0. The van der Waals surface area contributed by atoms with Crippen LogP contribution in [0.15, 0.2) is 0 Å². The third kappa shape index (κ3) is 4.57. The zero-order valence-electron chi connectivity index (χ0n) is 4.46. The maximum absolute atomic E-state index is 9.92. The van der Waals surface area contributed by atoms with Gasteiger partial charge in [-0.05, 0) is 0 Å². The molecular weight excluding hydrogens is 193 g/mol. The second-order valence-corrected chi connectivity index (χ2v) is 6.97. The minimum Gasteiger partial charge on any atom is -0.412 e. The molecular formula is C2H9GeO4S. The van der Waals surface area contributed by atoms with Crippen LogP contribution in [-0.2, 0) is 10.1 Å². The maximum Gasteiger partial charge on any atom is -0.412 e. The topological polar surface area (TPSA) is 85.9 Å². The maximum atomic E-state index is 9.92. The average Bonchev–Trinajstić information content (AvgIpc) is 1.31. The molecule has 1 radical (unpaired) electrons. The first-order valence-corrected chi connectivity index (χ1v) is 4.95. The first-order chi connectivity index (χ1) is 2.94. The molecule has 0 aliphatic rings. The van der Waals surface area contributed by atoms with Gasteiger partial charge < -0.3 is 5.48 Å². The fourth-order valence-corrected chi connectivity index (χ4v) is 0. The van der Waals surface area contributed by atoms with E-state index in [9.17, 15) is 8.42 Å². The van der Waals surface area contributed by atoms with Crippen LogP contribution in [0.3, 0.4) is 0 Å². The van der Waals surface area contributed by atoms with Gasteiger partial charge in [-0.15, -0.1) is 0 Å². The predicted molar refractivity (Wildman–Crippen MR) is 33.2 cm³/mol. The molecule has 6 heteroatoms. The first-order valence-electron chi connectivity index (χ1n) is 1.74. The van der Waals surface area contributed by atoms with Crippen LogP contribution in [0.1, 0.15) is 6.92 Å². The Morgan fingerprint density at radius 2 is 1.75 bits per heavy atom. The Kier molecular flexibility index (Phi) is 4.83. The SMILES string of the molecule is C[CH]([GeH2])S(=O)(=O)O.O. The molecule has 0 bridgehead atoms. The van der Waals surface area contributed by atoms with Crippen LogP contribution in [0.4, 0.5) is 0 Å². The van der Waals surface area contributed by atoms with Crippen molar-refractivity contribution in [2.24, 2.45) is 0 Å². The number of rotatable bonds is 1. The number of hydrogen-bond donors (Lipinski definition) is 1. The molecule has 8 heavy (non-hydrogen) atoms. The Hall–Kier alpha value is 0.413. The molecule has 0 aromatic rings. The molecule has 1 atom stereocenters. The van der Waals surface area contributed by atoms with Gasteiger partial charge in [-0.25, -0.2) is 0 Å². The molecule has 4 nitrogen and oxygen atoms in total. The van der Waals surface area contributed by atoms with Crippen molar-refractivity contribution in [2.45, 2.75) is 11.0 Å². The van der Waals surface area contributed by atoms with Gasteiger partial charge >= 0.3 is 50.6 Å². The summed E-state index contributed by atoms with van der Waals surface area (Å²) in [5.41, 5.74) is 0. The molecule has 0 spiro atoms. The van der Waals surface area contributed by atoms with Crippen LogP contribution in [-0.4, -0.2) is 39.0 Å². The van der Waals surface area contributed by atoms with Crippen LogP contribution >= 0.6 is 0 Å². The Morgan fingerprint density at radius 1 is 1.62 bits per heavy atom. The van der Waals surface area contributed by atoms with E-state index in [1.165, 1.54) is 6.92 Å². The van der Waals surface area contributed by atoms with Gasteiger partial charge in [0.25, 0.3) is 0 Å². The summed E-state index contributed by atoms with van der Waals surface area (Å²) in [6, 6.07) is 0. The Balaban J connectivity index is 0. The molecule has 0 saturated carbocycles. The van der Waals surface area contributed by atoms with Gasteiger partial charge in [0.15, 0.2) is 0 Å². The van der Waals surface area contributed by atoms with Crippen molar-refractivity contribution in [3.8, 4) is 0 Å². The fraction of sp³-hybridized carbons (Fsp3) is 1.00. The van der Waals surface area contributed by atoms with Gasteiger partial charge in [0.05, 0.1) is 0 Å². The first kappa shape index (κ1) is 11.2. The van der Waals surface area contributed by atoms with Crippen molar-refractivity contribution in [3.63, 3.8) is 0 Å². The van der Waals surface area contributed by atoms with E-state index in [4.69, 9.17) is 4.55 Å². The normalized spacial score (nSPS) is 14.4. The van der Waals surface area contributed by atoms with E-state index in [1.807, 2.05) is 0 Å². The van der Waals surface area contributed by atoms with Crippen LogP contribution in [0.5, 0.6) is 0 Å². The molecule has 0 aliphatic heterocycles. The smallest absolute Gasteiger partial charge is 0.412 e. The Labute approximate surface area is 56.6 Å². The zero-order chi connectivity index (χ0) is 6.08. The largest absolute Gasteiger partial charge is 0.412 e. The molecule has 0 aromatic heterocycles. The third-order valence-corrected chi connectivity index (χ3v) is 4.18. The van der Waals surface area contributed by atoms with Gasteiger partial charge in [0.2, 0.25) is 0 Å². The molecule has 0 aliphatic carbocycles. The number of hydrogen-bond acceptors (Lipinski definition) is 2. The monoisotopic (exact) mass is 203 g/mol. The van der Waals surface area contributed by atoms with Crippen LogP contribution in [0.2, 0.25) is 0 Å². The summed E-state index contributed by atoms with van der Waals surface area (Å²) in [5, 5.41) is 0. The van der Waals surface area contributed by atoms with Gasteiger partial charge in [-0.2, -0.15) is 0 Å². The Bertz CT molecular complexity index is 136. The minimum atomic E-state index is -3.69. The van der Waals surface area contributed by atoms with Crippen LogP contribution < -0.4 is 0 Å². The summed E-state index contributed by atoms with van der Waals surface area (Å²) in [7, 11) is -3.69. The predicted octanol–water partition coefficient (Wildman–Crippen LogP) is -1.97. The van der Waals surface area contributed by atoms with Gasteiger partial charge in [-0.1, -0.05) is 0 Å². The quantitative estimate of drug-likeness (QED) is 0.395. The van der Waals surface area contributed by atoms with E-state index in [0.29, 0.717) is 16.5 Å². The van der Waals surface area contributed by atoms with Crippen molar-refractivity contribution in [1.82, 2.24) is 0 Å². The second kappa shape index (κ2) is 3.44. The molecule has 0 heterocycles.